The van der Waals surface area contributed by atoms with Crippen LogP contribution in [0.2, 0.25) is 4.34 Å². The highest BCUT2D eigenvalue weighted by molar-refractivity contribution is 7.16. The van der Waals surface area contributed by atoms with Crippen LogP contribution in [0.15, 0.2) is 23.8 Å². The summed E-state index contributed by atoms with van der Waals surface area (Å²) in [6, 6.07) is 3.86. The highest BCUT2D eigenvalue weighted by Gasteiger charge is 1.99. The Labute approximate surface area is 99.0 Å². The summed E-state index contributed by atoms with van der Waals surface area (Å²) in [4.78, 5) is 12.4. The number of thiophene rings is 1. The number of nitrogens with one attached hydrogen (secondary N) is 1. The summed E-state index contributed by atoms with van der Waals surface area (Å²) in [6.07, 6.45) is 2.43. The van der Waals surface area contributed by atoms with Crippen molar-refractivity contribution < 1.29 is 4.79 Å². The lowest BCUT2D eigenvalue weighted by molar-refractivity contribution is -0.116. The molecule has 2 nitrogen and oxygen atoms in total. The molecule has 0 fully saturated rings. The Morgan fingerprint density at radius 1 is 1.53 bits per heavy atom. The third kappa shape index (κ3) is 5.00. The molecule has 1 aromatic heterocycles. The summed E-state index contributed by atoms with van der Waals surface area (Å²) < 4.78 is 0.792. The Bertz CT molecular complexity index is 366. The Hall–Kier alpha value is -0.800. The maximum atomic E-state index is 11.2. The zero-order chi connectivity index (χ0) is 11.3. The van der Waals surface area contributed by atoms with Crippen molar-refractivity contribution in [1.82, 2.24) is 5.32 Å². The van der Waals surface area contributed by atoms with Crippen molar-refractivity contribution in [2.75, 3.05) is 6.54 Å². The van der Waals surface area contributed by atoms with Gasteiger partial charge in [-0.2, -0.15) is 0 Å². The van der Waals surface area contributed by atoms with E-state index in [0.29, 0.717) is 6.54 Å². The van der Waals surface area contributed by atoms with Crippen LogP contribution in [0.1, 0.15) is 18.7 Å². The molecule has 0 unspecified atom stereocenters. The van der Waals surface area contributed by atoms with E-state index in [-0.39, 0.29) is 5.91 Å². The SMILES string of the molecule is CC(C)=CC(=O)NCCc1ccc(Cl)s1. The van der Waals surface area contributed by atoms with Gasteiger partial charge in [-0.1, -0.05) is 17.2 Å². The average Bonchev–Trinajstić information content (AvgIpc) is 2.50. The topological polar surface area (TPSA) is 29.1 Å². The molecule has 4 heteroatoms. The molecular formula is C11H14ClNOS. The van der Waals surface area contributed by atoms with E-state index >= 15 is 0 Å². The lowest BCUT2D eigenvalue weighted by Gasteiger charge is -2.00. The number of rotatable bonds is 4. The molecule has 1 amide bonds. The van der Waals surface area contributed by atoms with Gasteiger partial charge in [0.1, 0.15) is 0 Å². The summed E-state index contributed by atoms with van der Waals surface area (Å²) in [5.41, 5.74) is 1.01. The predicted octanol–water partition coefficient (Wildman–Crippen LogP) is 3.03. The second kappa shape index (κ2) is 5.93. The van der Waals surface area contributed by atoms with Gasteiger partial charge in [0.15, 0.2) is 0 Å². The van der Waals surface area contributed by atoms with Crippen LogP contribution in [-0.4, -0.2) is 12.5 Å². The summed E-state index contributed by atoms with van der Waals surface area (Å²) in [5.74, 6) is -0.0300. The lowest BCUT2D eigenvalue weighted by atomic mass is 10.3. The zero-order valence-electron chi connectivity index (χ0n) is 8.84. The number of amides is 1. The highest BCUT2D eigenvalue weighted by atomic mass is 35.5. The minimum Gasteiger partial charge on any atom is -0.352 e. The van der Waals surface area contributed by atoms with Gasteiger partial charge in [0.2, 0.25) is 5.91 Å². The van der Waals surface area contributed by atoms with Gasteiger partial charge in [0.25, 0.3) is 0 Å². The molecule has 0 saturated carbocycles. The van der Waals surface area contributed by atoms with Gasteiger partial charge in [0, 0.05) is 17.5 Å². The smallest absolute Gasteiger partial charge is 0.243 e. The van der Waals surface area contributed by atoms with Gasteiger partial charge in [-0.05, 0) is 32.4 Å². The van der Waals surface area contributed by atoms with E-state index in [2.05, 4.69) is 5.32 Å². The first-order valence-corrected chi connectivity index (χ1v) is 5.94. The van der Waals surface area contributed by atoms with E-state index in [1.807, 2.05) is 26.0 Å². The third-order valence-corrected chi connectivity index (χ3v) is 3.01. The molecule has 0 saturated heterocycles. The van der Waals surface area contributed by atoms with Crippen LogP contribution >= 0.6 is 22.9 Å². The maximum Gasteiger partial charge on any atom is 0.243 e. The van der Waals surface area contributed by atoms with Crippen molar-refractivity contribution in [2.24, 2.45) is 0 Å². The van der Waals surface area contributed by atoms with Crippen LogP contribution in [-0.2, 0) is 11.2 Å². The molecule has 0 spiro atoms. The average molecular weight is 244 g/mol. The number of allylic oxidation sites excluding steroid dienone is 1. The van der Waals surface area contributed by atoms with E-state index in [9.17, 15) is 4.79 Å². The quantitative estimate of drug-likeness (QED) is 0.810. The lowest BCUT2D eigenvalue weighted by Crippen LogP contribution is -2.23. The molecule has 1 rings (SSSR count). The Kier molecular flexibility index (Phi) is 4.85. The van der Waals surface area contributed by atoms with Crippen molar-refractivity contribution in [3.63, 3.8) is 0 Å². The van der Waals surface area contributed by atoms with Crippen LogP contribution in [0, 0.1) is 0 Å². The largest absolute Gasteiger partial charge is 0.352 e. The van der Waals surface area contributed by atoms with Gasteiger partial charge in [-0.15, -0.1) is 11.3 Å². The summed E-state index contributed by atoms with van der Waals surface area (Å²) in [5, 5.41) is 2.82. The Morgan fingerprint density at radius 3 is 2.80 bits per heavy atom. The van der Waals surface area contributed by atoms with Gasteiger partial charge in [0.05, 0.1) is 4.34 Å². The normalized spacial score (nSPS) is 9.80. The number of hydrogen-bond donors (Lipinski definition) is 1. The molecule has 0 aliphatic carbocycles. The van der Waals surface area contributed by atoms with Crippen molar-refractivity contribution in [2.45, 2.75) is 20.3 Å². The van der Waals surface area contributed by atoms with E-state index < -0.39 is 0 Å². The molecule has 0 aliphatic heterocycles. The van der Waals surface area contributed by atoms with Gasteiger partial charge >= 0.3 is 0 Å². The second-order valence-corrected chi connectivity index (χ2v) is 5.27. The molecular weight excluding hydrogens is 230 g/mol. The molecule has 1 N–H and O–H groups in total. The Balaban J connectivity index is 2.28. The molecule has 1 aromatic rings. The predicted molar refractivity (Wildman–Crippen MR) is 65.5 cm³/mol. The van der Waals surface area contributed by atoms with Crippen molar-refractivity contribution in [1.29, 1.82) is 0 Å². The first kappa shape index (κ1) is 12.3. The van der Waals surface area contributed by atoms with E-state index in [4.69, 9.17) is 11.6 Å². The molecule has 1 heterocycles. The standard InChI is InChI=1S/C11H14ClNOS/c1-8(2)7-11(14)13-6-5-9-3-4-10(12)15-9/h3-4,7H,5-6H2,1-2H3,(H,13,14). The van der Waals surface area contributed by atoms with Gasteiger partial charge in [-0.25, -0.2) is 0 Å². The maximum absolute atomic E-state index is 11.2. The number of hydrogen-bond acceptors (Lipinski definition) is 2. The molecule has 0 aliphatic rings. The highest BCUT2D eigenvalue weighted by Crippen LogP contribution is 2.21. The zero-order valence-corrected chi connectivity index (χ0v) is 10.4. The Morgan fingerprint density at radius 2 is 2.27 bits per heavy atom. The minimum absolute atomic E-state index is 0.0300. The minimum atomic E-state index is -0.0300. The van der Waals surface area contributed by atoms with Crippen molar-refractivity contribution in [3.8, 4) is 0 Å². The number of carbonyl (C=O) groups is 1. The summed E-state index contributed by atoms with van der Waals surface area (Å²) in [6.45, 7) is 4.46. The van der Waals surface area contributed by atoms with Crippen molar-refractivity contribution in [3.05, 3.63) is 33.0 Å². The summed E-state index contributed by atoms with van der Waals surface area (Å²) >= 11 is 7.34. The van der Waals surface area contributed by atoms with Crippen LogP contribution in [0.25, 0.3) is 0 Å². The monoisotopic (exact) mass is 243 g/mol. The van der Waals surface area contributed by atoms with Crippen LogP contribution in [0.3, 0.4) is 0 Å². The first-order chi connectivity index (χ1) is 7.08. The van der Waals surface area contributed by atoms with E-state index in [0.717, 1.165) is 16.3 Å². The first-order valence-electron chi connectivity index (χ1n) is 4.75. The van der Waals surface area contributed by atoms with Crippen LogP contribution in [0.4, 0.5) is 0 Å². The van der Waals surface area contributed by atoms with E-state index in [1.54, 1.807) is 17.4 Å². The summed E-state index contributed by atoms with van der Waals surface area (Å²) in [7, 11) is 0. The number of carbonyl (C=O) groups excluding carboxylic acids is 1. The number of halogens is 1. The third-order valence-electron chi connectivity index (χ3n) is 1.72. The fourth-order valence-electron chi connectivity index (χ4n) is 1.11. The molecule has 15 heavy (non-hydrogen) atoms. The van der Waals surface area contributed by atoms with E-state index in [1.165, 1.54) is 4.88 Å². The fourth-order valence-corrected chi connectivity index (χ4v) is 2.20. The molecule has 0 radical (unpaired) electrons. The second-order valence-electron chi connectivity index (χ2n) is 3.47. The van der Waals surface area contributed by atoms with Crippen molar-refractivity contribution >= 4 is 28.8 Å². The van der Waals surface area contributed by atoms with Crippen LogP contribution in [0.5, 0.6) is 0 Å². The fraction of sp³-hybridized carbons (Fsp3) is 0.364. The van der Waals surface area contributed by atoms with Crippen LogP contribution < -0.4 is 5.32 Å². The molecule has 0 bridgehead atoms. The van der Waals surface area contributed by atoms with Gasteiger partial charge < -0.3 is 5.32 Å². The van der Waals surface area contributed by atoms with Gasteiger partial charge in [-0.3, -0.25) is 4.79 Å². The molecule has 0 atom stereocenters. The molecule has 82 valence electrons. The molecule has 0 aromatic carbocycles.